The van der Waals surface area contributed by atoms with Gasteiger partial charge in [-0.2, -0.15) is 0 Å². The van der Waals surface area contributed by atoms with E-state index in [2.05, 4.69) is 36.2 Å². The molecule has 0 aliphatic carbocycles. The van der Waals surface area contributed by atoms with Crippen molar-refractivity contribution < 1.29 is 9.32 Å². The van der Waals surface area contributed by atoms with Crippen LogP contribution in [0.2, 0.25) is 0 Å². The second-order valence-electron chi connectivity index (χ2n) is 3.64. The Balaban J connectivity index is 1.72. The summed E-state index contributed by atoms with van der Waals surface area (Å²) >= 11 is 3.37. The molecule has 0 bridgehead atoms. The van der Waals surface area contributed by atoms with Gasteiger partial charge in [0.2, 0.25) is 0 Å². The molecular formula is C12H12BrN3O2. The molecule has 2 amide bonds. The highest BCUT2D eigenvalue weighted by Gasteiger charge is 2.02. The van der Waals surface area contributed by atoms with Gasteiger partial charge in [-0.3, -0.25) is 5.32 Å². The molecule has 0 fully saturated rings. The fourth-order valence-corrected chi connectivity index (χ4v) is 1.67. The lowest BCUT2D eigenvalue weighted by Gasteiger charge is -2.05. The maximum Gasteiger partial charge on any atom is 0.320 e. The second kappa shape index (κ2) is 6.20. The SMILES string of the molecule is O=C(NCCc1ccc(Br)cc1)Nc1ccon1. The summed E-state index contributed by atoms with van der Waals surface area (Å²) in [6.07, 6.45) is 2.18. The standard InChI is InChI=1S/C12H12BrN3O2/c13-10-3-1-9(2-4-10)5-7-14-12(17)15-11-6-8-18-16-11/h1-4,6,8H,5,7H2,(H2,14,15,16,17). The van der Waals surface area contributed by atoms with Crippen LogP contribution in [0.4, 0.5) is 10.6 Å². The molecule has 0 saturated heterocycles. The first-order valence-corrected chi connectivity index (χ1v) is 6.23. The molecule has 0 radical (unpaired) electrons. The quantitative estimate of drug-likeness (QED) is 0.912. The Bertz CT molecular complexity index is 497. The van der Waals surface area contributed by atoms with Gasteiger partial charge in [0.15, 0.2) is 5.82 Å². The molecule has 2 aromatic rings. The van der Waals surface area contributed by atoms with Crippen LogP contribution in [-0.4, -0.2) is 17.7 Å². The minimum absolute atomic E-state index is 0.291. The molecule has 5 nitrogen and oxygen atoms in total. The van der Waals surface area contributed by atoms with Crippen molar-refractivity contribution in [1.29, 1.82) is 0 Å². The van der Waals surface area contributed by atoms with Crippen LogP contribution in [0.1, 0.15) is 5.56 Å². The number of aromatic nitrogens is 1. The first-order chi connectivity index (χ1) is 8.74. The summed E-state index contributed by atoms with van der Waals surface area (Å²) in [5.41, 5.74) is 1.17. The Morgan fingerprint density at radius 1 is 1.28 bits per heavy atom. The lowest BCUT2D eigenvalue weighted by atomic mass is 10.1. The normalized spacial score (nSPS) is 10.1. The second-order valence-corrected chi connectivity index (χ2v) is 4.56. The molecule has 1 aromatic heterocycles. The fourth-order valence-electron chi connectivity index (χ4n) is 1.41. The molecule has 18 heavy (non-hydrogen) atoms. The van der Waals surface area contributed by atoms with E-state index in [1.165, 1.54) is 11.8 Å². The first kappa shape index (κ1) is 12.6. The van der Waals surface area contributed by atoms with E-state index in [4.69, 9.17) is 0 Å². The number of amides is 2. The van der Waals surface area contributed by atoms with E-state index in [9.17, 15) is 4.79 Å². The number of nitrogens with zero attached hydrogens (tertiary/aromatic N) is 1. The summed E-state index contributed by atoms with van der Waals surface area (Å²) in [5.74, 6) is 0.399. The molecule has 1 heterocycles. The van der Waals surface area contributed by atoms with Gasteiger partial charge in [0.05, 0.1) is 0 Å². The Morgan fingerprint density at radius 2 is 2.06 bits per heavy atom. The van der Waals surface area contributed by atoms with E-state index in [0.717, 1.165) is 10.9 Å². The van der Waals surface area contributed by atoms with Gasteiger partial charge in [0.1, 0.15) is 6.26 Å². The molecule has 0 spiro atoms. The number of carbonyl (C=O) groups excluding carboxylic acids is 1. The van der Waals surface area contributed by atoms with E-state index in [1.54, 1.807) is 6.07 Å². The van der Waals surface area contributed by atoms with Gasteiger partial charge in [0, 0.05) is 17.1 Å². The Labute approximate surface area is 113 Å². The Kier molecular flexibility index (Phi) is 4.35. The van der Waals surface area contributed by atoms with Crippen molar-refractivity contribution in [2.24, 2.45) is 0 Å². The van der Waals surface area contributed by atoms with Crippen LogP contribution in [0.5, 0.6) is 0 Å². The zero-order valence-electron chi connectivity index (χ0n) is 9.52. The zero-order valence-corrected chi connectivity index (χ0v) is 11.1. The highest BCUT2D eigenvalue weighted by molar-refractivity contribution is 9.10. The number of nitrogens with one attached hydrogen (secondary N) is 2. The number of urea groups is 1. The number of rotatable bonds is 4. The van der Waals surface area contributed by atoms with Gasteiger partial charge in [-0.15, -0.1) is 0 Å². The summed E-state index contributed by atoms with van der Waals surface area (Å²) in [5, 5.41) is 8.88. The monoisotopic (exact) mass is 309 g/mol. The van der Waals surface area contributed by atoms with Gasteiger partial charge >= 0.3 is 6.03 Å². The van der Waals surface area contributed by atoms with Crippen LogP contribution >= 0.6 is 15.9 Å². The van der Waals surface area contributed by atoms with Gasteiger partial charge in [-0.05, 0) is 24.1 Å². The summed E-state index contributed by atoms with van der Waals surface area (Å²) in [7, 11) is 0. The molecule has 2 N–H and O–H groups in total. The molecule has 0 aliphatic rings. The van der Waals surface area contributed by atoms with Crippen LogP contribution in [0.25, 0.3) is 0 Å². The predicted molar refractivity (Wildman–Crippen MR) is 71.4 cm³/mol. The van der Waals surface area contributed by atoms with Crippen molar-refractivity contribution in [1.82, 2.24) is 10.5 Å². The van der Waals surface area contributed by atoms with Gasteiger partial charge in [0.25, 0.3) is 0 Å². The number of carbonyl (C=O) groups is 1. The highest BCUT2D eigenvalue weighted by Crippen LogP contribution is 2.10. The molecule has 2 rings (SSSR count). The third-order valence-corrected chi connectivity index (χ3v) is 2.82. The topological polar surface area (TPSA) is 67.2 Å². The van der Waals surface area contributed by atoms with E-state index in [-0.39, 0.29) is 6.03 Å². The smallest absolute Gasteiger partial charge is 0.320 e. The van der Waals surface area contributed by atoms with Gasteiger partial charge < -0.3 is 9.84 Å². The van der Waals surface area contributed by atoms with Crippen LogP contribution in [0.3, 0.4) is 0 Å². The van der Waals surface area contributed by atoms with Crippen molar-refractivity contribution in [2.75, 3.05) is 11.9 Å². The summed E-state index contributed by atoms with van der Waals surface area (Å²) in [6.45, 7) is 0.561. The largest absolute Gasteiger partial charge is 0.363 e. The third kappa shape index (κ3) is 3.89. The summed E-state index contributed by atoms with van der Waals surface area (Å²) in [4.78, 5) is 11.4. The number of hydrogen-bond acceptors (Lipinski definition) is 3. The van der Waals surface area contributed by atoms with E-state index >= 15 is 0 Å². The Hall–Kier alpha value is -1.82. The van der Waals surface area contributed by atoms with Crippen molar-refractivity contribution in [2.45, 2.75) is 6.42 Å². The molecule has 0 saturated carbocycles. The van der Waals surface area contributed by atoms with Crippen molar-refractivity contribution in [3.63, 3.8) is 0 Å². The lowest BCUT2D eigenvalue weighted by molar-refractivity contribution is 0.252. The van der Waals surface area contributed by atoms with Crippen molar-refractivity contribution in [3.05, 3.63) is 46.6 Å². The number of halogens is 1. The van der Waals surface area contributed by atoms with Gasteiger partial charge in [-0.25, -0.2) is 4.79 Å². The van der Waals surface area contributed by atoms with Crippen LogP contribution < -0.4 is 10.6 Å². The average molecular weight is 310 g/mol. The number of anilines is 1. The maximum absolute atomic E-state index is 11.4. The third-order valence-electron chi connectivity index (χ3n) is 2.29. The number of benzene rings is 1. The maximum atomic E-state index is 11.4. The fraction of sp³-hybridized carbons (Fsp3) is 0.167. The molecule has 6 heteroatoms. The van der Waals surface area contributed by atoms with Crippen molar-refractivity contribution in [3.8, 4) is 0 Å². The summed E-state index contributed by atoms with van der Waals surface area (Å²) in [6, 6.07) is 9.27. The molecule has 1 aromatic carbocycles. The molecule has 94 valence electrons. The highest BCUT2D eigenvalue weighted by atomic mass is 79.9. The minimum atomic E-state index is -0.291. The number of hydrogen-bond donors (Lipinski definition) is 2. The van der Waals surface area contributed by atoms with Gasteiger partial charge in [-0.1, -0.05) is 33.2 Å². The molecular weight excluding hydrogens is 298 g/mol. The molecule has 0 unspecified atom stereocenters. The van der Waals surface area contributed by atoms with Crippen LogP contribution in [-0.2, 0) is 6.42 Å². The van der Waals surface area contributed by atoms with Crippen LogP contribution in [0, 0.1) is 0 Å². The zero-order chi connectivity index (χ0) is 12.8. The lowest BCUT2D eigenvalue weighted by Crippen LogP contribution is -2.30. The molecule has 0 atom stereocenters. The molecule has 0 aliphatic heterocycles. The van der Waals surface area contributed by atoms with Crippen molar-refractivity contribution >= 4 is 27.8 Å². The Morgan fingerprint density at radius 3 is 2.72 bits per heavy atom. The van der Waals surface area contributed by atoms with E-state index in [1.807, 2.05) is 24.3 Å². The average Bonchev–Trinajstić information content (AvgIpc) is 2.84. The minimum Gasteiger partial charge on any atom is -0.363 e. The summed E-state index contributed by atoms with van der Waals surface area (Å²) < 4.78 is 5.65. The van der Waals surface area contributed by atoms with E-state index < -0.39 is 0 Å². The van der Waals surface area contributed by atoms with Crippen LogP contribution in [0.15, 0.2) is 45.6 Å². The first-order valence-electron chi connectivity index (χ1n) is 5.44. The van der Waals surface area contributed by atoms with E-state index in [0.29, 0.717) is 12.4 Å². The predicted octanol–water partition coefficient (Wildman–Crippen LogP) is 2.80.